The van der Waals surface area contributed by atoms with Gasteiger partial charge in [-0.1, -0.05) is 11.6 Å². The molecule has 0 bridgehead atoms. The maximum Gasteiger partial charge on any atom is 0.363 e. The van der Waals surface area contributed by atoms with E-state index in [4.69, 9.17) is 10.5 Å². The maximum absolute atomic E-state index is 12.1. The third-order valence-electron chi connectivity index (χ3n) is 3.66. The zero-order valence-electron chi connectivity index (χ0n) is 12.2. The van der Waals surface area contributed by atoms with Gasteiger partial charge in [0.05, 0.1) is 7.11 Å². The van der Waals surface area contributed by atoms with Crippen molar-refractivity contribution in [2.75, 3.05) is 12.8 Å². The van der Waals surface area contributed by atoms with Crippen LogP contribution in [0, 0.1) is 0 Å². The van der Waals surface area contributed by atoms with Crippen molar-refractivity contribution in [2.45, 2.75) is 51.2 Å². The van der Waals surface area contributed by atoms with Gasteiger partial charge in [-0.05, 0) is 32.6 Å². The van der Waals surface area contributed by atoms with Gasteiger partial charge in [0, 0.05) is 0 Å². The first-order valence-electron chi connectivity index (χ1n) is 7.04. The van der Waals surface area contributed by atoms with Crippen LogP contribution in [0.5, 0.6) is 0 Å². The Labute approximate surface area is 122 Å². The number of nitrogens with zero attached hydrogens (tertiary/aromatic N) is 3. The van der Waals surface area contributed by atoms with Crippen LogP contribution in [0.1, 0.15) is 55.6 Å². The van der Waals surface area contributed by atoms with E-state index >= 15 is 0 Å². The minimum Gasteiger partial charge on any atom is -0.467 e. The summed E-state index contributed by atoms with van der Waals surface area (Å²) in [5.74, 6) is -1.10. The fourth-order valence-electron chi connectivity index (χ4n) is 2.39. The van der Waals surface area contributed by atoms with Crippen LogP contribution < -0.4 is 5.73 Å². The molecule has 1 fully saturated rings. The van der Waals surface area contributed by atoms with Gasteiger partial charge in [0.15, 0.2) is 11.9 Å². The molecule has 8 heteroatoms. The van der Waals surface area contributed by atoms with Crippen molar-refractivity contribution in [2.24, 2.45) is 0 Å². The van der Waals surface area contributed by atoms with E-state index in [1.807, 2.05) is 0 Å². The summed E-state index contributed by atoms with van der Waals surface area (Å²) in [6, 6.07) is -0.751. The topological polar surface area (TPSA) is 109 Å². The van der Waals surface area contributed by atoms with Crippen molar-refractivity contribution in [1.29, 1.82) is 0 Å². The summed E-state index contributed by atoms with van der Waals surface area (Å²) < 4.78 is 11.2. The number of ether oxygens (including phenoxy) is 2. The number of rotatable bonds is 4. The highest BCUT2D eigenvalue weighted by atomic mass is 16.5. The molecular weight excluding hydrogens is 276 g/mol. The number of anilines is 1. The lowest BCUT2D eigenvalue weighted by atomic mass is 9.98. The molecule has 1 aliphatic carbocycles. The number of hydrogen-bond acceptors (Lipinski definition) is 7. The Morgan fingerprint density at radius 2 is 2.00 bits per heavy atom. The van der Waals surface area contributed by atoms with E-state index in [2.05, 4.69) is 15.0 Å². The quantitative estimate of drug-likeness (QED) is 0.828. The summed E-state index contributed by atoms with van der Waals surface area (Å²) in [6.45, 7) is 1.56. The van der Waals surface area contributed by atoms with Crippen molar-refractivity contribution >= 4 is 17.8 Å². The average molecular weight is 296 g/mol. The molecule has 1 saturated carbocycles. The monoisotopic (exact) mass is 296 g/mol. The molecule has 0 amide bonds. The molecule has 0 aliphatic heterocycles. The maximum atomic E-state index is 12.1. The summed E-state index contributed by atoms with van der Waals surface area (Å²) in [4.78, 5) is 23.6. The van der Waals surface area contributed by atoms with Gasteiger partial charge < -0.3 is 15.2 Å². The predicted molar refractivity (Wildman–Crippen MR) is 73.4 cm³/mol. The van der Waals surface area contributed by atoms with Crippen molar-refractivity contribution in [3.8, 4) is 0 Å². The Hall–Kier alpha value is -2.12. The summed E-state index contributed by atoms with van der Waals surface area (Å²) in [5.41, 5.74) is 5.77. The van der Waals surface area contributed by atoms with E-state index in [0.29, 0.717) is 0 Å². The second-order valence-corrected chi connectivity index (χ2v) is 5.13. The molecular formula is C13H20N4O4. The highest BCUT2D eigenvalue weighted by molar-refractivity contribution is 5.92. The van der Waals surface area contributed by atoms with Gasteiger partial charge in [0.25, 0.3) is 0 Å². The molecule has 21 heavy (non-hydrogen) atoms. The van der Waals surface area contributed by atoms with E-state index < -0.39 is 18.0 Å². The van der Waals surface area contributed by atoms with Crippen molar-refractivity contribution < 1.29 is 19.1 Å². The molecule has 1 unspecified atom stereocenters. The first-order valence-corrected chi connectivity index (χ1v) is 7.04. The molecule has 2 N–H and O–H groups in total. The van der Waals surface area contributed by atoms with Gasteiger partial charge in [-0.3, -0.25) is 0 Å². The van der Waals surface area contributed by atoms with E-state index in [1.54, 1.807) is 6.92 Å². The number of carbonyl (C=O) groups is 2. The number of nitrogens with two attached hydrogens (primary N) is 1. The smallest absolute Gasteiger partial charge is 0.363 e. The third kappa shape index (κ3) is 3.32. The molecule has 1 aromatic rings. The van der Waals surface area contributed by atoms with Crippen molar-refractivity contribution in [3.63, 3.8) is 0 Å². The van der Waals surface area contributed by atoms with Crippen LogP contribution in [0.25, 0.3) is 0 Å². The minimum atomic E-state index is -0.751. The van der Waals surface area contributed by atoms with Crippen molar-refractivity contribution in [1.82, 2.24) is 15.0 Å². The summed E-state index contributed by atoms with van der Waals surface area (Å²) in [6.07, 6.45) is 4.91. The van der Waals surface area contributed by atoms with Gasteiger partial charge in [0.2, 0.25) is 5.69 Å². The van der Waals surface area contributed by atoms with E-state index in [-0.39, 0.29) is 17.6 Å². The molecule has 0 spiro atoms. The van der Waals surface area contributed by atoms with Gasteiger partial charge in [-0.15, -0.1) is 5.10 Å². The number of carbonyl (C=O) groups excluding carboxylic acids is 2. The Balaban J connectivity index is 2.08. The standard InChI is InChI=1S/C13H20N4O4/c1-8(12(18)20-2)17-11(14)10(15-16-17)13(19)21-9-6-4-3-5-7-9/h8-9H,3-7,14H2,1-2H3. The summed E-state index contributed by atoms with van der Waals surface area (Å²) in [7, 11) is 1.27. The second-order valence-electron chi connectivity index (χ2n) is 5.13. The number of methoxy groups -OCH3 is 1. The minimum absolute atomic E-state index is 0.00806. The Bertz CT molecular complexity index is 522. The van der Waals surface area contributed by atoms with E-state index in [9.17, 15) is 9.59 Å². The van der Waals surface area contributed by atoms with Crippen LogP contribution >= 0.6 is 0 Å². The van der Waals surface area contributed by atoms with Crippen LogP contribution in [0.2, 0.25) is 0 Å². The van der Waals surface area contributed by atoms with Gasteiger partial charge in [0.1, 0.15) is 6.10 Å². The summed E-state index contributed by atoms with van der Waals surface area (Å²) >= 11 is 0. The molecule has 1 aromatic heterocycles. The van der Waals surface area contributed by atoms with E-state index in [1.165, 1.54) is 13.5 Å². The van der Waals surface area contributed by atoms with E-state index in [0.717, 1.165) is 30.4 Å². The van der Waals surface area contributed by atoms with Crippen molar-refractivity contribution in [3.05, 3.63) is 5.69 Å². The number of hydrogen-bond donors (Lipinski definition) is 1. The van der Waals surface area contributed by atoms with Crippen LogP contribution in [0.15, 0.2) is 0 Å². The van der Waals surface area contributed by atoms with Crippen LogP contribution in [0.3, 0.4) is 0 Å². The molecule has 8 nitrogen and oxygen atoms in total. The largest absolute Gasteiger partial charge is 0.467 e. The molecule has 0 aromatic carbocycles. The number of aromatic nitrogens is 3. The van der Waals surface area contributed by atoms with Gasteiger partial charge >= 0.3 is 11.9 Å². The van der Waals surface area contributed by atoms with Gasteiger partial charge in [-0.25, -0.2) is 14.3 Å². The normalized spacial score (nSPS) is 17.2. The Kier molecular flexibility index (Phi) is 4.77. The second kappa shape index (κ2) is 6.55. The average Bonchev–Trinajstić information content (AvgIpc) is 2.88. The zero-order chi connectivity index (χ0) is 15.4. The lowest BCUT2D eigenvalue weighted by molar-refractivity contribution is -0.144. The predicted octanol–water partition coefficient (Wildman–Crippen LogP) is 1.08. The molecule has 0 saturated heterocycles. The zero-order valence-corrected chi connectivity index (χ0v) is 12.2. The van der Waals surface area contributed by atoms with Crippen LogP contribution in [0.4, 0.5) is 5.82 Å². The fraction of sp³-hybridized carbons (Fsp3) is 0.692. The molecule has 116 valence electrons. The lowest BCUT2D eigenvalue weighted by Gasteiger charge is -2.21. The summed E-state index contributed by atoms with van der Waals surface area (Å²) in [5, 5.41) is 7.46. The first kappa shape index (κ1) is 15.3. The first-order chi connectivity index (χ1) is 10.0. The third-order valence-corrected chi connectivity index (χ3v) is 3.66. The Morgan fingerprint density at radius 3 is 2.62 bits per heavy atom. The highest BCUT2D eigenvalue weighted by Crippen LogP contribution is 2.22. The number of esters is 2. The molecule has 1 heterocycles. The van der Waals surface area contributed by atoms with Crippen LogP contribution in [-0.2, 0) is 14.3 Å². The van der Waals surface area contributed by atoms with Gasteiger partial charge in [-0.2, -0.15) is 0 Å². The molecule has 2 rings (SSSR count). The lowest BCUT2D eigenvalue weighted by Crippen LogP contribution is -2.23. The molecule has 1 atom stereocenters. The molecule has 1 aliphatic rings. The SMILES string of the molecule is COC(=O)C(C)n1nnc(C(=O)OC2CCCCC2)c1N. The highest BCUT2D eigenvalue weighted by Gasteiger charge is 2.27. The Morgan fingerprint density at radius 1 is 1.33 bits per heavy atom. The fourth-order valence-corrected chi connectivity index (χ4v) is 2.39. The number of nitrogen functional groups attached to an aromatic ring is 1. The molecule has 0 radical (unpaired) electrons. The van der Waals surface area contributed by atoms with Crippen LogP contribution in [-0.4, -0.2) is 40.1 Å².